The Kier molecular flexibility index (Phi) is 8.56. The van der Waals surface area contributed by atoms with Crippen LogP contribution in [0.5, 0.6) is 5.75 Å². The van der Waals surface area contributed by atoms with Crippen molar-refractivity contribution in [3.63, 3.8) is 0 Å². The molecular formula is C34H34ClF4N3O3. The van der Waals surface area contributed by atoms with Gasteiger partial charge in [0.05, 0.1) is 29.3 Å². The first-order valence-corrected chi connectivity index (χ1v) is 15.5. The van der Waals surface area contributed by atoms with Gasteiger partial charge >= 0.3 is 6.18 Å². The predicted molar refractivity (Wildman–Crippen MR) is 162 cm³/mol. The molecule has 2 amide bonds. The number of hydrogen-bond acceptors (Lipinski definition) is 4. The minimum atomic E-state index is -4.60. The van der Waals surface area contributed by atoms with Gasteiger partial charge in [-0.25, -0.2) is 4.39 Å². The van der Waals surface area contributed by atoms with Crippen molar-refractivity contribution in [1.29, 1.82) is 0 Å². The molecule has 2 aliphatic heterocycles. The zero-order chi connectivity index (χ0) is 31.9. The highest BCUT2D eigenvalue weighted by molar-refractivity contribution is 6.33. The lowest BCUT2D eigenvalue weighted by molar-refractivity contribution is -0.137. The summed E-state index contributed by atoms with van der Waals surface area (Å²) in [6, 6.07) is 12.6. The van der Waals surface area contributed by atoms with Gasteiger partial charge in [0.2, 0.25) is 0 Å². The molecule has 0 saturated carbocycles. The van der Waals surface area contributed by atoms with Crippen LogP contribution in [0.1, 0.15) is 74.7 Å². The van der Waals surface area contributed by atoms with E-state index in [9.17, 15) is 27.2 Å². The molecule has 6 rings (SSSR count). The zero-order valence-electron chi connectivity index (χ0n) is 24.9. The summed E-state index contributed by atoms with van der Waals surface area (Å²) in [5, 5.41) is 2.77. The predicted octanol–water partition coefficient (Wildman–Crippen LogP) is 7.05. The highest BCUT2D eigenvalue weighted by Crippen LogP contribution is 2.42. The van der Waals surface area contributed by atoms with Crippen LogP contribution in [0.4, 0.5) is 17.6 Å². The Hall–Kier alpha value is -3.63. The molecule has 238 valence electrons. The van der Waals surface area contributed by atoms with Crippen molar-refractivity contribution in [1.82, 2.24) is 15.1 Å². The van der Waals surface area contributed by atoms with Crippen LogP contribution in [0.15, 0.2) is 54.6 Å². The Balaban J connectivity index is 1.09. The summed E-state index contributed by atoms with van der Waals surface area (Å²) in [6.07, 6.45) is -0.648. The largest absolute Gasteiger partial charge is 0.496 e. The smallest absolute Gasteiger partial charge is 0.416 e. The van der Waals surface area contributed by atoms with E-state index in [1.807, 2.05) is 17.0 Å². The molecule has 1 N–H and O–H groups in total. The number of alkyl halides is 3. The molecule has 2 saturated heterocycles. The van der Waals surface area contributed by atoms with Crippen molar-refractivity contribution in [2.75, 3.05) is 33.3 Å². The van der Waals surface area contributed by atoms with Gasteiger partial charge in [0.25, 0.3) is 11.8 Å². The van der Waals surface area contributed by atoms with Crippen LogP contribution in [-0.2, 0) is 19.1 Å². The number of halogens is 5. The van der Waals surface area contributed by atoms with E-state index in [1.165, 1.54) is 6.07 Å². The highest BCUT2D eigenvalue weighted by atomic mass is 35.5. The van der Waals surface area contributed by atoms with Crippen molar-refractivity contribution < 1.29 is 31.9 Å². The lowest BCUT2D eigenvalue weighted by Crippen LogP contribution is -2.42. The second-order valence-electron chi connectivity index (χ2n) is 12.3. The molecule has 3 aliphatic rings. The van der Waals surface area contributed by atoms with Crippen molar-refractivity contribution in [2.45, 2.75) is 50.9 Å². The fraction of sp³-hybridized carbons (Fsp3) is 0.412. The monoisotopic (exact) mass is 643 g/mol. The summed E-state index contributed by atoms with van der Waals surface area (Å²) in [5.74, 6) is -0.500. The molecule has 2 heterocycles. The van der Waals surface area contributed by atoms with E-state index in [2.05, 4.69) is 10.2 Å². The number of nitrogens with zero attached hydrogens (tertiary/aromatic N) is 2. The van der Waals surface area contributed by atoms with Crippen molar-refractivity contribution in [2.24, 2.45) is 5.41 Å². The Morgan fingerprint density at radius 2 is 1.80 bits per heavy atom. The number of rotatable bonds is 6. The van der Waals surface area contributed by atoms with Gasteiger partial charge in [-0.2, -0.15) is 13.2 Å². The van der Waals surface area contributed by atoms with Crippen molar-refractivity contribution in [3.05, 3.63) is 98.8 Å². The number of benzene rings is 3. The van der Waals surface area contributed by atoms with Gasteiger partial charge in [-0.05, 0) is 104 Å². The van der Waals surface area contributed by atoms with Gasteiger partial charge in [-0.15, -0.1) is 0 Å². The fourth-order valence-electron chi connectivity index (χ4n) is 6.99. The molecular weight excluding hydrogens is 610 g/mol. The number of aryl methyl sites for hydroxylation is 1. The third-order valence-electron chi connectivity index (χ3n) is 9.63. The molecule has 1 spiro atoms. The maximum atomic E-state index is 14.5. The number of carbonyl (C=O) groups excluding carboxylic acids is 2. The normalized spacial score (nSPS) is 19.5. The van der Waals surface area contributed by atoms with Gasteiger partial charge in [-0.1, -0.05) is 23.7 Å². The summed E-state index contributed by atoms with van der Waals surface area (Å²) in [5.41, 5.74) is 1.69. The third kappa shape index (κ3) is 6.40. The number of ether oxygens (including phenoxy) is 1. The Labute approximate surface area is 264 Å². The minimum absolute atomic E-state index is 0.0168. The lowest BCUT2D eigenvalue weighted by atomic mass is 9.77. The summed E-state index contributed by atoms with van der Waals surface area (Å²) < 4.78 is 59.6. The standard InChI is InChI=1S/C34H34ClF4N3O3/c1-45-30-4-2-3-28(36)26(30)19-41-14-11-33(12-15-41)13-16-42(20-33)32(44)22-6-5-21-7-10-29(24(21)17-22)40-31(43)25-18-23(34(37,38)39)8-9-27(25)35/h2-6,8-9,17-18,29H,7,10-16,19-20H2,1H3,(H,40,43). The van der Waals surface area contributed by atoms with Crippen LogP contribution in [0, 0.1) is 11.2 Å². The highest BCUT2D eigenvalue weighted by Gasteiger charge is 2.42. The molecule has 45 heavy (non-hydrogen) atoms. The molecule has 1 atom stereocenters. The SMILES string of the molecule is COc1cccc(F)c1CN1CCC2(CC1)CCN(C(=O)c1ccc3c(c1)C(NC(=O)c1cc(C(F)(F)F)ccc1Cl)CC3)C2. The first-order chi connectivity index (χ1) is 21.5. The third-order valence-corrected chi connectivity index (χ3v) is 9.96. The number of nitrogens with one attached hydrogen (secondary N) is 1. The maximum Gasteiger partial charge on any atom is 0.416 e. The fourth-order valence-corrected chi connectivity index (χ4v) is 7.19. The van der Waals surface area contributed by atoms with Gasteiger partial charge in [0.1, 0.15) is 11.6 Å². The van der Waals surface area contributed by atoms with Crippen molar-refractivity contribution in [3.8, 4) is 5.75 Å². The van der Waals surface area contributed by atoms with Gasteiger partial charge in [0, 0.05) is 30.8 Å². The van der Waals surface area contributed by atoms with Crippen LogP contribution in [0.2, 0.25) is 5.02 Å². The van der Waals surface area contributed by atoms with E-state index in [0.717, 1.165) is 61.7 Å². The Morgan fingerprint density at radius 3 is 2.53 bits per heavy atom. The van der Waals surface area contributed by atoms with E-state index in [-0.39, 0.29) is 27.7 Å². The second-order valence-corrected chi connectivity index (χ2v) is 12.8. The first kappa shape index (κ1) is 31.4. The molecule has 0 bridgehead atoms. The van der Waals surface area contributed by atoms with Gasteiger partial charge in [-0.3, -0.25) is 14.5 Å². The summed E-state index contributed by atoms with van der Waals surface area (Å²) in [6.45, 7) is 3.37. The van der Waals surface area contributed by atoms with E-state index in [0.29, 0.717) is 49.4 Å². The van der Waals surface area contributed by atoms with Gasteiger partial charge < -0.3 is 15.0 Å². The van der Waals surface area contributed by atoms with Crippen LogP contribution >= 0.6 is 11.6 Å². The molecule has 3 aromatic carbocycles. The van der Waals surface area contributed by atoms with Crippen LogP contribution in [-0.4, -0.2) is 54.9 Å². The van der Waals surface area contributed by atoms with Gasteiger partial charge in [0.15, 0.2) is 0 Å². The average molecular weight is 644 g/mol. The summed E-state index contributed by atoms with van der Waals surface area (Å²) in [4.78, 5) is 30.8. The number of piperidine rings is 1. The maximum absolute atomic E-state index is 14.5. The average Bonchev–Trinajstić information content (AvgIpc) is 3.62. The molecule has 6 nitrogen and oxygen atoms in total. The lowest BCUT2D eigenvalue weighted by Gasteiger charge is -2.39. The molecule has 3 aromatic rings. The van der Waals surface area contributed by atoms with E-state index in [1.54, 1.807) is 25.3 Å². The number of amides is 2. The molecule has 0 aromatic heterocycles. The topological polar surface area (TPSA) is 61.9 Å². The Bertz CT molecular complexity index is 1620. The zero-order valence-corrected chi connectivity index (χ0v) is 25.6. The number of likely N-dealkylation sites (tertiary alicyclic amines) is 2. The minimum Gasteiger partial charge on any atom is -0.496 e. The number of fused-ring (bicyclic) bond motifs is 1. The second kappa shape index (κ2) is 12.3. The Morgan fingerprint density at radius 1 is 1.04 bits per heavy atom. The molecule has 11 heteroatoms. The van der Waals surface area contributed by atoms with E-state index >= 15 is 0 Å². The van der Waals surface area contributed by atoms with E-state index < -0.39 is 23.7 Å². The molecule has 1 aliphatic carbocycles. The molecule has 0 radical (unpaired) electrons. The quantitative estimate of drug-likeness (QED) is 0.293. The van der Waals surface area contributed by atoms with Crippen LogP contribution in [0.25, 0.3) is 0 Å². The van der Waals surface area contributed by atoms with Crippen molar-refractivity contribution >= 4 is 23.4 Å². The first-order valence-electron chi connectivity index (χ1n) is 15.1. The van der Waals surface area contributed by atoms with E-state index in [4.69, 9.17) is 16.3 Å². The molecule has 2 fully saturated rings. The molecule has 1 unspecified atom stereocenters. The summed E-state index contributed by atoms with van der Waals surface area (Å²) >= 11 is 6.09. The van der Waals surface area contributed by atoms with Crippen LogP contribution < -0.4 is 10.1 Å². The van der Waals surface area contributed by atoms with Crippen LogP contribution in [0.3, 0.4) is 0 Å². The number of carbonyl (C=O) groups is 2. The summed E-state index contributed by atoms with van der Waals surface area (Å²) in [7, 11) is 1.54. The number of hydrogen-bond donors (Lipinski definition) is 1. The number of methoxy groups -OCH3 is 1.